The minimum atomic E-state index is 0.262. The Morgan fingerprint density at radius 3 is 3.12 bits per heavy atom. The van der Waals surface area contributed by atoms with Gasteiger partial charge in [0.2, 0.25) is 0 Å². The van der Waals surface area contributed by atoms with Crippen LogP contribution in [0, 0.1) is 17.2 Å². The van der Waals surface area contributed by atoms with E-state index in [9.17, 15) is 0 Å². The minimum absolute atomic E-state index is 0.262. The van der Waals surface area contributed by atoms with Gasteiger partial charge in [0.25, 0.3) is 0 Å². The van der Waals surface area contributed by atoms with Gasteiger partial charge in [0, 0.05) is 39.1 Å². The molecule has 1 aliphatic rings. The van der Waals surface area contributed by atoms with Gasteiger partial charge < -0.3 is 14.8 Å². The lowest BCUT2D eigenvalue weighted by Crippen LogP contribution is -2.47. The molecule has 1 saturated heterocycles. The summed E-state index contributed by atoms with van der Waals surface area (Å²) in [5, 5.41) is 12.0. The predicted octanol–water partition coefficient (Wildman–Crippen LogP) is 2.82. The number of rotatable bonds is 10. The molecule has 5 nitrogen and oxygen atoms in total. The molecule has 1 unspecified atom stereocenters. The van der Waals surface area contributed by atoms with Gasteiger partial charge in [-0.15, -0.1) is 0 Å². The van der Waals surface area contributed by atoms with Crippen molar-refractivity contribution in [3.63, 3.8) is 0 Å². The summed E-state index contributed by atoms with van der Waals surface area (Å²) in [7, 11) is 0. The third-order valence-electron chi connectivity index (χ3n) is 4.15. The Bertz CT molecular complexity index is 542. The van der Waals surface area contributed by atoms with Gasteiger partial charge in [0.05, 0.1) is 25.4 Å². The van der Waals surface area contributed by atoms with Crippen molar-refractivity contribution in [3.05, 3.63) is 29.8 Å². The number of hydrogen-bond donors (Lipinski definition) is 1. The molecule has 0 amide bonds. The Balaban J connectivity index is 1.69. The van der Waals surface area contributed by atoms with E-state index >= 15 is 0 Å². The SMILES string of the molecule is CC(C)CN1CCOC(CNCc2cccc(OCCCC#N)c2)C1. The van der Waals surface area contributed by atoms with Crippen LogP contribution in [0.4, 0.5) is 0 Å². The van der Waals surface area contributed by atoms with E-state index < -0.39 is 0 Å². The molecule has 138 valence electrons. The second kappa shape index (κ2) is 11.1. The first-order chi connectivity index (χ1) is 12.2. The van der Waals surface area contributed by atoms with E-state index in [2.05, 4.69) is 42.3 Å². The van der Waals surface area contributed by atoms with Crippen LogP contribution in [0.1, 0.15) is 32.3 Å². The summed E-state index contributed by atoms with van der Waals surface area (Å²) in [6.07, 6.45) is 1.57. The highest BCUT2D eigenvalue weighted by atomic mass is 16.5. The summed E-state index contributed by atoms with van der Waals surface area (Å²) in [6.45, 7) is 10.8. The lowest BCUT2D eigenvalue weighted by molar-refractivity contribution is -0.0303. The normalized spacial score (nSPS) is 18.2. The maximum atomic E-state index is 8.54. The lowest BCUT2D eigenvalue weighted by atomic mass is 10.1. The summed E-state index contributed by atoms with van der Waals surface area (Å²) in [5.41, 5.74) is 1.20. The van der Waals surface area contributed by atoms with E-state index in [0.717, 1.165) is 51.5 Å². The van der Waals surface area contributed by atoms with Crippen molar-refractivity contribution >= 4 is 0 Å². The van der Waals surface area contributed by atoms with E-state index in [1.54, 1.807) is 0 Å². The number of morpholine rings is 1. The Kier molecular flexibility index (Phi) is 8.75. The Morgan fingerprint density at radius 1 is 1.44 bits per heavy atom. The largest absolute Gasteiger partial charge is 0.494 e. The van der Waals surface area contributed by atoms with E-state index in [1.165, 1.54) is 5.56 Å². The topological polar surface area (TPSA) is 57.5 Å². The molecular weight excluding hydrogens is 314 g/mol. The van der Waals surface area contributed by atoms with Crippen molar-refractivity contribution in [3.8, 4) is 11.8 Å². The van der Waals surface area contributed by atoms with Gasteiger partial charge in [0.1, 0.15) is 5.75 Å². The lowest BCUT2D eigenvalue weighted by Gasteiger charge is -2.34. The van der Waals surface area contributed by atoms with Gasteiger partial charge >= 0.3 is 0 Å². The number of nitrogens with zero attached hydrogens (tertiary/aromatic N) is 2. The first-order valence-electron chi connectivity index (χ1n) is 9.30. The van der Waals surface area contributed by atoms with Crippen LogP contribution >= 0.6 is 0 Å². The number of nitriles is 1. The van der Waals surface area contributed by atoms with Crippen LogP contribution in [0.5, 0.6) is 5.75 Å². The van der Waals surface area contributed by atoms with Crippen molar-refractivity contribution < 1.29 is 9.47 Å². The van der Waals surface area contributed by atoms with Gasteiger partial charge in [-0.05, 0) is 30.0 Å². The van der Waals surface area contributed by atoms with E-state index in [0.29, 0.717) is 18.9 Å². The Hall–Kier alpha value is -1.61. The fourth-order valence-electron chi connectivity index (χ4n) is 3.05. The second-order valence-corrected chi connectivity index (χ2v) is 7.03. The first-order valence-corrected chi connectivity index (χ1v) is 9.30. The first kappa shape index (κ1) is 19.7. The summed E-state index contributed by atoms with van der Waals surface area (Å²) in [5.74, 6) is 1.57. The van der Waals surface area contributed by atoms with Crippen molar-refractivity contribution in [2.24, 2.45) is 5.92 Å². The monoisotopic (exact) mass is 345 g/mol. The van der Waals surface area contributed by atoms with Crippen LogP contribution in [0.2, 0.25) is 0 Å². The van der Waals surface area contributed by atoms with Crippen LogP contribution in [0.15, 0.2) is 24.3 Å². The van der Waals surface area contributed by atoms with Crippen molar-refractivity contribution in [2.45, 2.75) is 39.3 Å². The van der Waals surface area contributed by atoms with Crippen LogP contribution < -0.4 is 10.1 Å². The molecule has 2 rings (SSSR count). The third-order valence-corrected chi connectivity index (χ3v) is 4.15. The molecule has 1 aliphatic heterocycles. The Labute approximate surface area is 151 Å². The minimum Gasteiger partial charge on any atom is -0.494 e. The molecule has 0 spiro atoms. The molecule has 25 heavy (non-hydrogen) atoms. The Morgan fingerprint density at radius 2 is 2.32 bits per heavy atom. The zero-order valence-electron chi connectivity index (χ0n) is 15.5. The fourth-order valence-corrected chi connectivity index (χ4v) is 3.05. The molecule has 1 N–H and O–H groups in total. The van der Waals surface area contributed by atoms with E-state index in [-0.39, 0.29) is 6.10 Å². The van der Waals surface area contributed by atoms with Gasteiger partial charge in [0.15, 0.2) is 0 Å². The molecule has 0 aliphatic carbocycles. The molecule has 1 aromatic rings. The van der Waals surface area contributed by atoms with Crippen LogP contribution in [0.25, 0.3) is 0 Å². The van der Waals surface area contributed by atoms with Gasteiger partial charge in [-0.25, -0.2) is 0 Å². The molecule has 0 bridgehead atoms. The molecule has 1 heterocycles. The van der Waals surface area contributed by atoms with Gasteiger partial charge in [-0.1, -0.05) is 26.0 Å². The highest BCUT2D eigenvalue weighted by Gasteiger charge is 2.20. The molecule has 0 saturated carbocycles. The smallest absolute Gasteiger partial charge is 0.119 e. The van der Waals surface area contributed by atoms with E-state index in [4.69, 9.17) is 14.7 Å². The quantitative estimate of drug-likeness (QED) is 0.661. The summed E-state index contributed by atoms with van der Waals surface area (Å²) >= 11 is 0. The average molecular weight is 345 g/mol. The molecule has 1 aromatic carbocycles. The highest BCUT2D eigenvalue weighted by molar-refractivity contribution is 5.28. The maximum Gasteiger partial charge on any atom is 0.119 e. The number of hydrogen-bond acceptors (Lipinski definition) is 5. The van der Waals surface area contributed by atoms with Crippen LogP contribution in [-0.2, 0) is 11.3 Å². The van der Waals surface area contributed by atoms with E-state index in [1.807, 2.05) is 12.1 Å². The second-order valence-electron chi connectivity index (χ2n) is 7.03. The standard InChI is InChI=1S/C20H31N3O2/c1-17(2)15-23-9-11-25-20(16-23)14-22-13-18-6-5-7-19(12-18)24-10-4-3-8-21/h5-7,12,17,20,22H,3-4,9-11,13-16H2,1-2H3. The number of benzene rings is 1. The number of ether oxygens (including phenoxy) is 2. The fraction of sp³-hybridized carbons (Fsp3) is 0.650. The molecule has 0 radical (unpaired) electrons. The van der Waals surface area contributed by atoms with Gasteiger partial charge in [-0.2, -0.15) is 5.26 Å². The zero-order chi connectivity index (χ0) is 17.9. The molecule has 5 heteroatoms. The average Bonchev–Trinajstić information content (AvgIpc) is 2.59. The van der Waals surface area contributed by atoms with Crippen LogP contribution in [0.3, 0.4) is 0 Å². The van der Waals surface area contributed by atoms with Crippen molar-refractivity contribution in [2.75, 3.05) is 39.4 Å². The molecule has 0 aromatic heterocycles. The van der Waals surface area contributed by atoms with Crippen LogP contribution in [-0.4, -0.2) is 50.4 Å². The predicted molar refractivity (Wildman–Crippen MR) is 99.5 cm³/mol. The summed E-state index contributed by atoms with van der Waals surface area (Å²) < 4.78 is 11.6. The van der Waals surface area contributed by atoms with Crippen molar-refractivity contribution in [1.29, 1.82) is 5.26 Å². The molecular formula is C20H31N3O2. The maximum absolute atomic E-state index is 8.54. The van der Waals surface area contributed by atoms with Gasteiger partial charge in [-0.3, -0.25) is 4.90 Å². The highest BCUT2D eigenvalue weighted by Crippen LogP contribution is 2.14. The summed E-state index contributed by atoms with van der Waals surface area (Å²) in [6, 6.07) is 10.3. The molecule has 1 atom stereocenters. The zero-order valence-corrected chi connectivity index (χ0v) is 15.5. The number of unbranched alkanes of at least 4 members (excludes halogenated alkanes) is 1. The third kappa shape index (κ3) is 7.87. The van der Waals surface area contributed by atoms with Crippen molar-refractivity contribution in [1.82, 2.24) is 10.2 Å². The molecule has 1 fully saturated rings. The summed E-state index contributed by atoms with van der Waals surface area (Å²) in [4.78, 5) is 2.50. The number of nitrogens with one attached hydrogen (secondary N) is 1.